The van der Waals surface area contributed by atoms with Crippen LogP contribution in [0.4, 0.5) is 5.82 Å². The summed E-state index contributed by atoms with van der Waals surface area (Å²) >= 11 is 1.62. The van der Waals surface area contributed by atoms with Crippen molar-refractivity contribution in [2.45, 2.75) is 6.42 Å². The lowest BCUT2D eigenvalue weighted by Crippen LogP contribution is -2.09. The molecule has 4 aromatic rings. The standard InChI is InChI=1S/C14H12N6S/c1-2-7-20-11(3-1)18-19-12(20)4-6-15-13-10-5-8-21-14(10)17-9-16-13/h1-3,5,7-9H,4,6H2,(H,15,16,17). The summed E-state index contributed by atoms with van der Waals surface area (Å²) in [5.74, 6) is 1.81. The van der Waals surface area contributed by atoms with Gasteiger partial charge in [0.1, 0.15) is 22.8 Å². The second-order valence-electron chi connectivity index (χ2n) is 4.58. The van der Waals surface area contributed by atoms with Crippen molar-refractivity contribution >= 4 is 33.0 Å². The van der Waals surface area contributed by atoms with E-state index in [2.05, 4.69) is 25.5 Å². The van der Waals surface area contributed by atoms with Crippen LogP contribution in [0, 0.1) is 0 Å². The van der Waals surface area contributed by atoms with Crippen LogP contribution in [0.3, 0.4) is 0 Å². The molecule has 21 heavy (non-hydrogen) atoms. The summed E-state index contributed by atoms with van der Waals surface area (Å²) in [6.07, 6.45) is 4.35. The van der Waals surface area contributed by atoms with E-state index < -0.39 is 0 Å². The zero-order valence-electron chi connectivity index (χ0n) is 11.1. The van der Waals surface area contributed by atoms with Gasteiger partial charge in [0.2, 0.25) is 0 Å². The van der Waals surface area contributed by atoms with Crippen LogP contribution in [0.15, 0.2) is 42.2 Å². The average Bonchev–Trinajstić information content (AvgIpc) is 3.15. The third-order valence-corrected chi connectivity index (χ3v) is 4.11. The molecule has 7 heteroatoms. The monoisotopic (exact) mass is 296 g/mol. The summed E-state index contributed by atoms with van der Waals surface area (Å²) in [4.78, 5) is 9.54. The smallest absolute Gasteiger partial charge is 0.160 e. The SMILES string of the molecule is c1ccn2c(CCNc3ncnc4sccc34)nnc2c1. The number of anilines is 1. The Morgan fingerprint density at radius 1 is 1.14 bits per heavy atom. The highest BCUT2D eigenvalue weighted by Crippen LogP contribution is 2.23. The molecule has 0 saturated carbocycles. The van der Waals surface area contributed by atoms with Crippen LogP contribution in [0.25, 0.3) is 15.9 Å². The molecule has 104 valence electrons. The molecule has 4 rings (SSSR count). The molecule has 0 fully saturated rings. The Morgan fingerprint density at radius 3 is 3.14 bits per heavy atom. The number of hydrogen-bond acceptors (Lipinski definition) is 6. The van der Waals surface area contributed by atoms with Crippen molar-refractivity contribution in [3.8, 4) is 0 Å². The number of hydrogen-bond donors (Lipinski definition) is 1. The van der Waals surface area contributed by atoms with Crippen molar-refractivity contribution in [2.75, 3.05) is 11.9 Å². The molecule has 0 aliphatic carbocycles. The zero-order chi connectivity index (χ0) is 14.1. The van der Waals surface area contributed by atoms with Gasteiger partial charge in [-0.3, -0.25) is 4.40 Å². The van der Waals surface area contributed by atoms with Gasteiger partial charge in [0.25, 0.3) is 0 Å². The summed E-state index contributed by atoms with van der Waals surface area (Å²) in [5.41, 5.74) is 0.870. The summed E-state index contributed by atoms with van der Waals surface area (Å²) in [6, 6.07) is 7.92. The predicted molar refractivity (Wildman–Crippen MR) is 82.6 cm³/mol. The molecular weight excluding hydrogens is 284 g/mol. The molecule has 0 unspecified atom stereocenters. The normalized spacial score (nSPS) is 11.2. The number of fused-ring (bicyclic) bond motifs is 2. The predicted octanol–water partition coefficient (Wildman–Crippen LogP) is 2.39. The summed E-state index contributed by atoms with van der Waals surface area (Å²) in [7, 11) is 0. The van der Waals surface area contributed by atoms with Gasteiger partial charge in [-0.15, -0.1) is 21.5 Å². The van der Waals surface area contributed by atoms with Gasteiger partial charge in [0.05, 0.1) is 5.39 Å². The van der Waals surface area contributed by atoms with Crippen LogP contribution >= 0.6 is 11.3 Å². The van der Waals surface area contributed by atoms with Crippen molar-refractivity contribution < 1.29 is 0 Å². The van der Waals surface area contributed by atoms with E-state index in [1.54, 1.807) is 17.7 Å². The summed E-state index contributed by atoms with van der Waals surface area (Å²) in [5, 5.41) is 14.8. The largest absolute Gasteiger partial charge is 0.369 e. The molecule has 6 nitrogen and oxygen atoms in total. The first-order chi connectivity index (χ1) is 10.4. The third-order valence-electron chi connectivity index (χ3n) is 3.29. The Balaban J connectivity index is 1.51. The van der Waals surface area contributed by atoms with E-state index in [9.17, 15) is 0 Å². The topological polar surface area (TPSA) is 68.0 Å². The van der Waals surface area contributed by atoms with Gasteiger partial charge in [0.15, 0.2) is 5.65 Å². The van der Waals surface area contributed by atoms with Crippen molar-refractivity contribution in [3.05, 3.63) is 48.0 Å². The summed E-state index contributed by atoms with van der Waals surface area (Å²) in [6.45, 7) is 0.748. The maximum atomic E-state index is 4.30. The minimum Gasteiger partial charge on any atom is -0.369 e. The van der Waals surface area contributed by atoms with Crippen LogP contribution in [0.5, 0.6) is 0 Å². The molecule has 0 aromatic carbocycles. The molecule has 0 atom stereocenters. The van der Waals surface area contributed by atoms with Gasteiger partial charge in [-0.1, -0.05) is 6.07 Å². The molecule has 0 bridgehead atoms. The number of nitrogens with one attached hydrogen (secondary N) is 1. The Labute approximate surface area is 124 Å². The minimum atomic E-state index is 0.748. The fourth-order valence-electron chi connectivity index (χ4n) is 2.29. The van der Waals surface area contributed by atoms with E-state index in [-0.39, 0.29) is 0 Å². The molecule has 0 aliphatic rings. The number of nitrogens with zero attached hydrogens (tertiary/aromatic N) is 5. The highest BCUT2D eigenvalue weighted by molar-refractivity contribution is 7.16. The first-order valence-corrected chi connectivity index (χ1v) is 7.50. The molecule has 4 aromatic heterocycles. The first kappa shape index (κ1) is 12.2. The van der Waals surface area contributed by atoms with Gasteiger partial charge in [0, 0.05) is 19.2 Å². The van der Waals surface area contributed by atoms with Gasteiger partial charge < -0.3 is 5.32 Å². The van der Waals surface area contributed by atoms with Crippen LogP contribution in [0.1, 0.15) is 5.82 Å². The molecule has 4 heterocycles. The Bertz CT molecular complexity index is 896. The molecule has 0 radical (unpaired) electrons. The fraction of sp³-hybridized carbons (Fsp3) is 0.143. The maximum Gasteiger partial charge on any atom is 0.160 e. The lowest BCUT2D eigenvalue weighted by atomic mass is 10.3. The van der Waals surface area contributed by atoms with E-state index in [0.717, 1.165) is 40.5 Å². The molecule has 0 aliphatic heterocycles. The lowest BCUT2D eigenvalue weighted by Gasteiger charge is -2.05. The van der Waals surface area contributed by atoms with E-state index in [0.29, 0.717) is 0 Å². The van der Waals surface area contributed by atoms with Gasteiger partial charge in [-0.05, 0) is 23.6 Å². The van der Waals surface area contributed by atoms with Gasteiger partial charge in [-0.2, -0.15) is 0 Å². The Kier molecular flexibility index (Phi) is 2.97. The average molecular weight is 296 g/mol. The van der Waals surface area contributed by atoms with Crippen LogP contribution < -0.4 is 5.32 Å². The van der Waals surface area contributed by atoms with E-state index >= 15 is 0 Å². The Morgan fingerprint density at radius 2 is 2.14 bits per heavy atom. The highest BCUT2D eigenvalue weighted by Gasteiger charge is 2.06. The number of pyridine rings is 1. The van der Waals surface area contributed by atoms with E-state index in [1.807, 2.05) is 40.2 Å². The van der Waals surface area contributed by atoms with Crippen LogP contribution in [-0.2, 0) is 6.42 Å². The third kappa shape index (κ3) is 2.21. The fourth-order valence-corrected chi connectivity index (χ4v) is 3.02. The van der Waals surface area contributed by atoms with E-state index in [1.165, 1.54) is 0 Å². The Hall–Kier alpha value is -2.54. The second kappa shape index (κ2) is 5.10. The molecular formula is C14H12N6S. The molecule has 1 N–H and O–H groups in total. The number of aromatic nitrogens is 5. The number of rotatable bonds is 4. The molecule has 0 spiro atoms. The zero-order valence-corrected chi connectivity index (χ0v) is 11.9. The van der Waals surface area contributed by atoms with E-state index in [4.69, 9.17) is 0 Å². The van der Waals surface area contributed by atoms with Crippen molar-refractivity contribution in [1.82, 2.24) is 24.6 Å². The molecule has 0 amide bonds. The molecule has 0 saturated heterocycles. The van der Waals surface area contributed by atoms with Crippen molar-refractivity contribution in [2.24, 2.45) is 0 Å². The lowest BCUT2D eigenvalue weighted by molar-refractivity contribution is 0.868. The number of thiophene rings is 1. The van der Waals surface area contributed by atoms with Gasteiger partial charge >= 0.3 is 0 Å². The quantitative estimate of drug-likeness (QED) is 0.626. The maximum absolute atomic E-state index is 4.30. The first-order valence-electron chi connectivity index (χ1n) is 6.62. The summed E-state index contributed by atoms with van der Waals surface area (Å²) < 4.78 is 2.00. The van der Waals surface area contributed by atoms with Gasteiger partial charge in [-0.25, -0.2) is 9.97 Å². The second-order valence-corrected chi connectivity index (χ2v) is 5.48. The minimum absolute atomic E-state index is 0.748. The van der Waals surface area contributed by atoms with Crippen molar-refractivity contribution in [3.63, 3.8) is 0 Å². The highest BCUT2D eigenvalue weighted by atomic mass is 32.1. The van der Waals surface area contributed by atoms with Crippen LogP contribution in [-0.4, -0.2) is 31.1 Å². The van der Waals surface area contributed by atoms with Crippen LogP contribution in [0.2, 0.25) is 0 Å². The van der Waals surface area contributed by atoms with Crippen molar-refractivity contribution in [1.29, 1.82) is 0 Å².